The lowest BCUT2D eigenvalue weighted by molar-refractivity contribution is 0.415. The van der Waals surface area contributed by atoms with Gasteiger partial charge in [-0.1, -0.05) is 35.4 Å². The summed E-state index contributed by atoms with van der Waals surface area (Å²) in [6, 6.07) is 12.8. The van der Waals surface area contributed by atoms with Crippen molar-refractivity contribution in [2.24, 2.45) is 0 Å². The smallest absolute Gasteiger partial charge is 0.118 e. The van der Waals surface area contributed by atoms with Gasteiger partial charge in [-0.2, -0.15) is 0 Å². The Morgan fingerprint density at radius 3 is 1.81 bits per heavy atom. The van der Waals surface area contributed by atoms with Crippen molar-refractivity contribution in [2.75, 3.05) is 7.11 Å². The highest BCUT2D eigenvalue weighted by molar-refractivity contribution is 5.85. The molecule has 0 aliphatic carbocycles. The van der Waals surface area contributed by atoms with E-state index >= 15 is 0 Å². The summed E-state index contributed by atoms with van der Waals surface area (Å²) in [6.07, 6.45) is 0. The van der Waals surface area contributed by atoms with Crippen LogP contribution < -0.4 is 4.74 Å². The number of aryl methyl sites for hydroxylation is 3. The molecule has 21 heavy (non-hydrogen) atoms. The van der Waals surface area contributed by atoms with Gasteiger partial charge in [-0.25, -0.2) is 0 Å². The topological polar surface area (TPSA) is 9.23 Å². The minimum absolute atomic E-state index is 0.893. The first-order valence-electron chi connectivity index (χ1n) is 7.34. The summed E-state index contributed by atoms with van der Waals surface area (Å²) in [5.74, 6) is 0.893. The van der Waals surface area contributed by atoms with Gasteiger partial charge >= 0.3 is 0 Å². The molecule has 0 N–H and O–H groups in total. The van der Waals surface area contributed by atoms with E-state index in [9.17, 15) is 0 Å². The van der Waals surface area contributed by atoms with Crippen molar-refractivity contribution < 1.29 is 4.74 Å². The predicted molar refractivity (Wildman–Crippen MR) is 91.0 cm³/mol. The number of hydrogen-bond donors (Lipinski definition) is 0. The van der Waals surface area contributed by atoms with Crippen LogP contribution in [0.5, 0.6) is 5.75 Å². The third kappa shape index (κ3) is 3.18. The van der Waals surface area contributed by atoms with Gasteiger partial charge < -0.3 is 4.74 Å². The van der Waals surface area contributed by atoms with Crippen molar-refractivity contribution in [1.29, 1.82) is 0 Å². The number of methoxy groups -OCH3 is 1. The van der Waals surface area contributed by atoms with Crippen LogP contribution in [0, 0.1) is 20.8 Å². The molecule has 1 nitrogen and oxygen atoms in total. The number of ether oxygens (including phenoxy) is 1. The van der Waals surface area contributed by atoms with Crippen LogP contribution in [0.1, 0.15) is 41.7 Å². The third-order valence-electron chi connectivity index (χ3n) is 3.81. The molecule has 110 valence electrons. The minimum atomic E-state index is 0.893. The Kier molecular flexibility index (Phi) is 4.52. The van der Waals surface area contributed by atoms with E-state index in [0.29, 0.717) is 0 Å². The van der Waals surface area contributed by atoms with Crippen molar-refractivity contribution >= 4 is 5.57 Å². The summed E-state index contributed by atoms with van der Waals surface area (Å²) in [7, 11) is 1.70. The van der Waals surface area contributed by atoms with Crippen molar-refractivity contribution in [3.05, 3.63) is 69.8 Å². The molecule has 0 amide bonds. The molecule has 2 aromatic carbocycles. The van der Waals surface area contributed by atoms with Gasteiger partial charge in [0.05, 0.1) is 7.11 Å². The summed E-state index contributed by atoms with van der Waals surface area (Å²) < 4.78 is 5.26. The second kappa shape index (κ2) is 6.17. The molecule has 0 radical (unpaired) electrons. The summed E-state index contributed by atoms with van der Waals surface area (Å²) in [4.78, 5) is 0. The van der Waals surface area contributed by atoms with Gasteiger partial charge in [0, 0.05) is 0 Å². The first-order valence-corrected chi connectivity index (χ1v) is 7.34. The van der Waals surface area contributed by atoms with Gasteiger partial charge in [-0.15, -0.1) is 0 Å². The molecule has 0 spiro atoms. The Morgan fingerprint density at radius 2 is 1.38 bits per heavy atom. The van der Waals surface area contributed by atoms with Gasteiger partial charge in [0.1, 0.15) is 5.75 Å². The van der Waals surface area contributed by atoms with Gasteiger partial charge in [-0.05, 0) is 74.6 Å². The van der Waals surface area contributed by atoms with E-state index in [1.54, 1.807) is 7.11 Å². The molecule has 0 heterocycles. The van der Waals surface area contributed by atoms with Crippen LogP contribution in [0.3, 0.4) is 0 Å². The second-order valence-corrected chi connectivity index (χ2v) is 5.88. The number of benzene rings is 2. The van der Waals surface area contributed by atoms with Crippen LogP contribution in [0.4, 0.5) is 0 Å². The fourth-order valence-electron chi connectivity index (χ4n) is 3.02. The molecule has 2 rings (SSSR count). The van der Waals surface area contributed by atoms with E-state index in [1.807, 2.05) is 12.1 Å². The zero-order valence-corrected chi connectivity index (χ0v) is 13.9. The molecule has 0 aromatic heterocycles. The molecule has 0 aliphatic rings. The third-order valence-corrected chi connectivity index (χ3v) is 3.81. The van der Waals surface area contributed by atoms with Crippen molar-refractivity contribution in [2.45, 2.75) is 34.6 Å². The van der Waals surface area contributed by atoms with Crippen LogP contribution in [-0.2, 0) is 0 Å². The molecule has 0 saturated heterocycles. The highest BCUT2D eigenvalue weighted by Gasteiger charge is 2.13. The van der Waals surface area contributed by atoms with Crippen LogP contribution in [-0.4, -0.2) is 7.11 Å². The molecule has 2 aromatic rings. The van der Waals surface area contributed by atoms with E-state index < -0.39 is 0 Å². The predicted octanol–water partition coefficient (Wildman–Crippen LogP) is 5.46. The zero-order chi connectivity index (χ0) is 15.6. The quantitative estimate of drug-likeness (QED) is 0.725. The molecule has 0 fully saturated rings. The molecular weight excluding hydrogens is 256 g/mol. The molecule has 0 saturated carbocycles. The second-order valence-electron chi connectivity index (χ2n) is 5.88. The van der Waals surface area contributed by atoms with Crippen molar-refractivity contribution in [1.82, 2.24) is 0 Å². The lowest BCUT2D eigenvalue weighted by Gasteiger charge is -2.18. The summed E-state index contributed by atoms with van der Waals surface area (Å²) in [5, 5.41) is 0. The Balaban J connectivity index is 2.63. The van der Waals surface area contributed by atoms with Crippen LogP contribution in [0.25, 0.3) is 5.57 Å². The fraction of sp³-hybridized carbons (Fsp3) is 0.300. The Bertz CT molecular complexity index is 648. The summed E-state index contributed by atoms with van der Waals surface area (Å²) in [5.41, 5.74) is 9.23. The monoisotopic (exact) mass is 280 g/mol. The zero-order valence-electron chi connectivity index (χ0n) is 13.9. The average molecular weight is 280 g/mol. The van der Waals surface area contributed by atoms with E-state index in [0.717, 1.165) is 5.75 Å². The average Bonchev–Trinajstić information content (AvgIpc) is 2.42. The normalized spacial score (nSPS) is 10.4. The van der Waals surface area contributed by atoms with Crippen LogP contribution in [0.2, 0.25) is 0 Å². The first-order chi connectivity index (χ1) is 9.93. The van der Waals surface area contributed by atoms with E-state index in [-0.39, 0.29) is 0 Å². The summed E-state index contributed by atoms with van der Waals surface area (Å²) >= 11 is 0. The molecule has 0 bridgehead atoms. The van der Waals surface area contributed by atoms with Gasteiger partial charge in [0.15, 0.2) is 0 Å². The maximum Gasteiger partial charge on any atom is 0.118 e. The van der Waals surface area contributed by atoms with Gasteiger partial charge in [-0.3, -0.25) is 0 Å². The van der Waals surface area contributed by atoms with Crippen LogP contribution in [0.15, 0.2) is 42.0 Å². The Morgan fingerprint density at radius 1 is 0.857 bits per heavy atom. The number of rotatable bonds is 3. The molecule has 0 aliphatic heterocycles. The Hall–Kier alpha value is -2.02. The largest absolute Gasteiger partial charge is 0.497 e. The standard InChI is InChI=1S/C20H24O/c1-13(2)19(17-7-9-18(21-6)10-8-17)20-15(4)11-14(3)12-16(20)5/h7-12H,1-6H3. The van der Waals surface area contributed by atoms with E-state index in [1.165, 1.54) is 39.0 Å². The molecule has 1 heteroatoms. The highest BCUT2D eigenvalue weighted by Crippen LogP contribution is 2.33. The van der Waals surface area contributed by atoms with Crippen LogP contribution >= 0.6 is 0 Å². The number of hydrogen-bond acceptors (Lipinski definition) is 1. The SMILES string of the molecule is COc1ccc(C(=C(C)C)c2c(C)cc(C)cc2C)cc1. The maximum absolute atomic E-state index is 5.26. The number of allylic oxidation sites excluding steroid dienone is 1. The lowest BCUT2D eigenvalue weighted by atomic mass is 9.87. The summed E-state index contributed by atoms with van der Waals surface area (Å²) in [6.45, 7) is 10.9. The molecule has 0 atom stereocenters. The van der Waals surface area contributed by atoms with Gasteiger partial charge in [0.25, 0.3) is 0 Å². The molecule has 0 unspecified atom stereocenters. The maximum atomic E-state index is 5.26. The fourth-order valence-corrected chi connectivity index (χ4v) is 3.02. The molecular formula is C20H24O. The van der Waals surface area contributed by atoms with Crippen molar-refractivity contribution in [3.63, 3.8) is 0 Å². The minimum Gasteiger partial charge on any atom is -0.497 e. The van der Waals surface area contributed by atoms with E-state index in [2.05, 4.69) is 58.9 Å². The van der Waals surface area contributed by atoms with Crippen molar-refractivity contribution in [3.8, 4) is 5.75 Å². The lowest BCUT2D eigenvalue weighted by Crippen LogP contribution is -1.98. The van der Waals surface area contributed by atoms with E-state index in [4.69, 9.17) is 4.74 Å². The highest BCUT2D eigenvalue weighted by atomic mass is 16.5. The first kappa shape index (κ1) is 15.4. The van der Waals surface area contributed by atoms with Gasteiger partial charge in [0.2, 0.25) is 0 Å². The Labute approximate surface area is 128 Å².